The number of aromatic nitrogens is 1. The molecule has 2 bridgehead atoms. The third kappa shape index (κ3) is 1.36. The van der Waals surface area contributed by atoms with E-state index in [9.17, 15) is 4.79 Å². The van der Waals surface area contributed by atoms with Crippen molar-refractivity contribution in [1.82, 2.24) is 5.16 Å². The lowest BCUT2D eigenvalue weighted by Crippen LogP contribution is -2.51. The zero-order valence-electron chi connectivity index (χ0n) is 10.1. The molecule has 3 atom stereocenters. The molecule has 3 fully saturated rings. The maximum Gasteiger partial charge on any atom is 0.340 e. The summed E-state index contributed by atoms with van der Waals surface area (Å²) in [7, 11) is 0. The van der Waals surface area contributed by atoms with Crippen molar-refractivity contribution in [2.24, 2.45) is 17.3 Å². The molecule has 4 nitrogen and oxygen atoms in total. The topological polar surface area (TPSA) is 63.3 Å². The van der Waals surface area contributed by atoms with E-state index >= 15 is 0 Å². The summed E-state index contributed by atoms with van der Waals surface area (Å²) in [5, 5.41) is 12.8. The number of hydrogen-bond acceptors (Lipinski definition) is 3. The van der Waals surface area contributed by atoms with Gasteiger partial charge in [0.05, 0.1) is 6.20 Å². The number of carbonyl (C=O) groups is 1. The van der Waals surface area contributed by atoms with Gasteiger partial charge in [0.25, 0.3) is 0 Å². The molecule has 4 rings (SSSR count). The molecule has 0 aromatic carbocycles. The molecule has 3 saturated carbocycles. The van der Waals surface area contributed by atoms with Crippen LogP contribution in [0.1, 0.15) is 55.1 Å². The van der Waals surface area contributed by atoms with Crippen LogP contribution in [0.2, 0.25) is 0 Å². The molecule has 1 N–H and O–H groups in total. The van der Waals surface area contributed by atoms with Crippen LogP contribution in [0.15, 0.2) is 10.7 Å². The van der Waals surface area contributed by atoms with Crippen molar-refractivity contribution in [2.75, 3.05) is 0 Å². The highest BCUT2D eigenvalue weighted by Gasteiger charge is 2.55. The normalized spacial score (nSPS) is 34.1. The van der Waals surface area contributed by atoms with E-state index in [1.807, 2.05) is 0 Å². The number of carboxylic acids is 1. The zero-order valence-corrected chi connectivity index (χ0v) is 10.1. The first-order valence-electron chi connectivity index (χ1n) is 6.19. The average Bonchev–Trinajstić information content (AvgIpc) is 2.77. The fourth-order valence-electron chi connectivity index (χ4n) is 3.80. The second-order valence-electron chi connectivity index (χ2n) is 5.95. The Bertz CT molecular complexity index is 461. The van der Waals surface area contributed by atoms with Gasteiger partial charge in [-0.25, -0.2) is 4.79 Å². The van der Waals surface area contributed by atoms with Gasteiger partial charge in [-0.05, 0) is 36.5 Å². The Kier molecular flexibility index (Phi) is 2.12. The molecule has 1 aromatic rings. The van der Waals surface area contributed by atoms with Gasteiger partial charge < -0.3 is 9.63 Å². The fraction of sp³-hybridized carbons (Fsp3) is 0.692. The lowest BCUT2D eigenvalue weighted by molar-refractivity contribution is -0.0856. The van der Waals surface area contributed by atoms with Crippen LogP contribution in [0, 0.1) is 17.3 Å². The molecular formula is C13H17NO3. The van der Waals surface area contributed by atoms with Crippen LogP contribution in [-0.4, -0.2) is 16.2 Å². The monoisotopic (exact) mass is 235 g/mol. The summed E-state index contributed by atoms with van der Waals surface area (Å²) in [5.74, 6) is 1.25. The first-order chi connectivity index (χ1) is 8.01. The van der Waals surface area contributed by atoms with E-state index in [2.05, 4.69) is 19.0 Å². The molecule has 17 heavy (non-hydrogen) atoms. The first-order valence-corrected chi connectivity index (χ1v) is 6.19. The molecule has 4 heteroatoms. The Morgan fingerprint density at radius 1 is 1.53 bits per heavy atom. The van der Waals surface area contributed by atoms with Crippen LogP contribution in [0.3, 0.4) is 0 Å². The van der Waals surface area contributed by atoms with E-state index < -0.39 is 5.97 Å². The summed E-state index contributed by atoms with van der Waals surface area (Å²) in [4.78, 5) is 11.1. The molecule has 0 aliphatic heterocycles. The van der Waals surface area contributed by atoms with E-state index in [1.54, 1.807) is 0 Å². The molecule has 0 radical (unpaired) electrons. The van der Waals surface area contributed by atoms with Crippen LogP contribution >= 0.6 is 0 Å². The van der Waals surface area contributed by atoms with Crippen LogP contribution < -0.4 is 0 Å². The summed E-state index contributed by atoms with van der Waals surface area (Å²) in [6, 6.07) is 0. The van der Waals surface area contributed by atoms with Crippen molar-refractivity contribution >= 4 is 5.97 Å². The first kappa shape index (κ1) is 10.8. The van der Waals surface area contributed by atoms with Gasteiger partial charge in [-0.2, -0.15) is 0 Å². The molecule has 3 aliphatic rings. The molecule has 1 heterocycles. The highest BCUT2D eigenvalue weighted by Crippen LogP contribution is 2.64. The van der Waals surface area contributed by atoms with Crippen molar-refractivity contribution in [1.29, 1.82) is 0 Å². The van der Waals surface area contributed by atoms with Gasteiger partial charge in [0.2, 0.25) is 0 Å². The predicted molar refractivity (Wildman–Crippen MR) is 60.8 cm³/mol. The van der Waals surface area contributed by atoms with E-state index in [-0.39, 0.29) is 11.5 Å². The smallest absolute Gasteiger partial charge is 0.340 e. The van der Waals surface area contributed by atoms with E-state index in [0.717, 1.165) is 12.3 Å². The number of rotatable bonds is 2. The zero-order chi connectivity index (χ0) is 12.2. The molecule has 92 valence electrons. The van der Waals surface area contributed by atoms with Gasteiger partial charge in [-0.3, -0.25) is 0 Å². The van der Waals surface area contributed by atoms with Crippen LogP contribution in [-0.2, 0) is 0 Å². The Morgan fingerprint density at radius 2 is 2.29 bits per heavy atom. The van der Waals surface area contributed by atoms with Gasteiger partial charge in [0.15, 0.2) is 5.76 Å². The minimum absolute atomic E-state index is 0.239. The summed E-state index contributed by atoms with van der Waals surface area (Å²) < 4.78 is 5.22. The van der Waals surface area contributed by atoms with Gasteiger partial charge in [0.1, 0.15) is 5.56 Å². The van der Waals surface area contributed by atoms with Crippen molar-refractivity contribution in [2.45, 2.75) is 39.0 Å². The predicted octanol–water partition coefficient (Wildman–Crippen LogP) is 2.91. The van der Waals surface area contributed by atoms with E-state index in [4.69, 9.17) is 9.63 Å². The quantitative estimate of drug-likeness (QED) is 0.856. The van der Waals surface area contributed by atoms with Crippen LogP contribution in [0.4, 0.5) is 0 Å². The number of hydrogen-bond donors (Lipinski definition) is 1. The highest BCUT2D eigenvalue weighted by atomic mass is 16.5. The molecule has 3 unspecified atom stereocenters. The number of nitrogens with zero attached hydrogens (tertiary/aromatic N) is 1. The fourth-order valence-corrected chi connectivity index (χ4v) is 3.80. The van der Waals surface area contributed by atoms with Crippen LogP contribution in [0.5, 0.6) is 0 Å². The minimum Gasteiger partial charge on any atom is -0.478 e. The summed E-state index contributed by atoms with van der Waals surface area (Å²) in [6.07, 6.45) is 4.75. The third-order valence-electron chi connectivity index (χ3n) is 5.02. The van der Waals surface area contributed by atoms with Crippen molar-refractivity contribution < 1.29 is 14.4 Å². The average molecular weight is 235 g/mol. The molecule has 0 spiro atoms. The molecule has 0 amide bonds. The SMILES string of the molecule is CC1(C)C2CCC(c3oncc3C(=O)O)C1C2. The highest BCUT2D eigenvalue weighted by molar-refractivity contribution is 5.88. The second-order valence-corrected chi connectivity index (χ2v) is 5.95. The number of fused-ring (bicyclic) bond motifs is 2. The van der Waals surface area contributed by atoms with E-state index in [1.165, 1.54) is 19.0 Å². The van der Waals surface area contributed by atoms with E-state index in [0.29, 0.717) is 17.1 Å². The number of carboxylic acid groups (broad SMARTS) is 1. The lowest BCUT2D eigenvalue weighted by Gasteiger charge is -2.59. The van der Waals surface area contributed by atoms with Gasteiger partial charge >= 0.3 is 5.97 Å². The van der Waals surface area contributed by atoms with Gasteiger partial charge in [-0.1, -0.05) is 19.0 Å². The lowest BCUT2D eigenvalue weighted by atomic mass is 9.45. The maximum atomic E-state index is 11.1. The molecule has 1 aromatic heterocycles. The van der Waals surface area contributed by atoms with Crippen LogP contribution in [0.25, 0.3) is 0 Å². The summed E-state index contributed by atoms with van der Waals surface area (Å²) >= 11 is 0. The summed E-state index contributed by atoms with van der Waals surface area (Å²) in [5.41, 5.74) is 0.571. The molecular weight excluding hydrogens is 218 g/mol. The second kappa shape index (κ2) is 3.34. The molecule has 0 saturated heterocycles. The number of aromatic carboxylic acids is 1. The van der Waals surface area contributed by atoms with Crippen molar-refractivity contribution in [3.8, 4) is 0 Å². The maximum absolute atomic E-state index is 11.1. The minimum atomic E-state index is -0.930. The van der Waals surface area contributed by atoms with Crippen molar-refractivity contribution in [3.63, 3.8) is 0 Å². The van der Waals surface area contributed by atoms with Gasteiger partial charge in [-0.15, -0.1) is 0 Å². The largest absolute Gasteiger partial charge is 0.478 e. The Balaban J connectivity index is 1.94. The van der Waals surface area contributed by atoms with Crippen molar-refractivity contribution in [3.05, 3.63) is 17.5 Å². The Hall–Kier alpha value is -1.32. The Labute approximate surface area is 100.0 Å². The third-order valence-corrected chi connectivity index (χ3v) is 5.02. The summed E-state index contributed by atoms with van der Waals surface area (Å²) in [6.45, 7) is 4.57. The van der Waals surface area contributed by atoms with Gasteiger partial charge in [0, 0.05) is 5.92 Å². The molecule has 3 aliphatic carbocycles. The standard InChI is InChI=1S/C13H17NO3/c1-13(2)7-3-4-8(10(13)5-7)11-9(12(15)16)6-14-17-11/h6-8,10H,3-5H2,1-2H3,(H,15,16). The Morgan fingerprint density at radius 3 is 2.88 bits per heavy atom.